The highest BCUT2D eigenvalue weighted by Gasteiger charge is 2.31. The van der Waals surface area contributed by atoms with Crippen LogP contribution in [0.4, 0.5) is 0 Å². The molecule has 0 aliphatic rings. The molecule has 0 amide bonds. The van der Waals surface area contributed by atoms with Gasteiger partial charge in [0.1, 0.15) is 17.1 Å². The predicted molar refractivity (Wildman–Crippen MR) is 123 cm³/mol. The van der Waals surface area contributed by atoms with Gasteiger partial charge in [0.05, 0.1) is 12.7 Å². The molecule has 4 heteroatoms. The Labute approximate surface area is 183 Å². The number of hydrogen-bond acceptors (Lipinski definition) is 2. The molecule has 4 aromatic rings. The van der Waals surface area contributed by atoms with Crippen LogP contribution in [-0.4, -0.2) is 14.5 Å². The first-order valence-electron chi connectivity index (χ1n) is 12.0. The number of hydrogen-bond donors (Lipinski definition) is 0. The molecule has 0 saturated carbocycles. The highest BCUT2D eigenvalue weighted by molar-refractivity contribution is 5.80. The molecule has 0 saturated heterocycles. The number of benzene rings is 2. The zero-order valence-corrected chi connectivity index (χ0v) is 18.6. The van der Waals surface area contributed by atoms with Crippen molar-refractivity contribution in [1.82, 2.24) is 14.5 Å². The first kappa shape index (κ1) is 16.8. The van der Waals surface area contributed by atoms with Gasteiger partial charge in [-0.15, -0.1) is 0 Å². The molecule has 0 spiro atoms. The van der Waals surface area contributed by atoms with Crippen LogP contribution in [0.1, 0.15) is 66.3 Å². The SMILES string of the molecule is [2H]C([2H])([2H])c1ncc(-c2n(-c3c(C(C)C)cccc3C(C)C)c3ccccc3[n+]2C)c(C)n1. The van der Waals surface area contributed by atoms with Gasteiger partial charge in [-0.3, -0.25) is 0 Å². The first-order valence-corrected chi connectivity index (χ1v) is 10.5. The molecule has 154 valence electrons. The summed E-state index contributed by atoms with van der Waals surface area (Å²) in [6.45, 7) is 8.38. The van der Waals surface area contributed by atoms with Crippen molar-refractivity contribution in [3.63, 3.8) is 0 Å². The minimum atomic E-state index is -2.34. The summed E-state index contributed by atoms with van der Waals surface area (Å²) in [5.74, 6) is 1.46. The van der Waals surface area contributed by atoms with Gasteiger partial charge in [-0.25, -0.2) is 14.5 Å². The van der Waals surface area contributed by atoms with E-state index in [2.05, 4.69) is 83.2 Å². The van der Waals surface area contributed by atoms with Crippen LogP contribution in [0.25, 0.3) is 28.1 Å². The average molecular weight is 403 g/mol. The van der Waals surface area contributed by atoms with Gasteiger partial charge < -0.3 is 0 Å². The van der Waals surface area contributed by atoms with E-state index in [1.807, 2.05) is 20.0 Å². The lowest BCUT2D eigenvalue weighted by Crippen LogP contribution is -2.31. The van der Waals surface area contributed by atoms with Gasteiger partial charge in [-0.1, -0.05) is 58.0 Å². The predicted octanol–water partition coefficient (Wildman–Crippen LogP) is 5.78. The molecule has 0 N–H and O–H groups in total. The second kappa shape index (κ2) is 7.67. The Bertz CT molecular complexity index is 1310. The van der Waals surface area contributed by atoms with Crippen molar-refractivity contribution in [3.8, 4) is 17.1 Å². The zero-order valence-electron chi connectivity index (χ0n) is 21.6. The second-order valence-electron chi connectivity index (χ2n) is 8.49. The van der Waals surface area contributed by atoms with Crippen LogP contribution in [0.2, 0.25) is 0 Å². The third-order valence-electron chi connectivity index (χ3n) is 5.80. The fourth-order valence-electron chi connectivity index (χ4n) is 4.30. The number of rotatable bonds is 4. The third-order valence-corrected chi connectivity index (χ3v) is 5.80. The molecular weight excluding hydrogens is 368 g/mol. The van der Waals surface area contributed by atoms with E-state index in [1.165, 1.54) is 16.8 Å². The van der Waals surface area contributed by atoms with Crippen LogP contribution in [0.5, 0.6) is 0 Å². The molecule has 4 rings (SSSR count). The highest BCUT2D eigenvalue weighted by Crippen LogP contribution is 2.36. The van der Waals surface area contributed by atoms with Gasteiger partial charge in [0.2, 0.25) is 0 Å². The summed E-state index contributed by atoms with van der Waals surface area (Å²) < 4.78 is 27.6. The summed E-state index contributed by atoms with van der Waals surface area (Å²) in [6.07, 6.45) is 1.65. The summed E-state index contributed by atoms with van der Waals surface area (Å²) in [5.41, 5.74) is 7.33. The molecular formula is C26H31N4+. The number of fused-ring (bicyclic) bond motifs is 1. The van der Waals surface area contributed by atoms with Gasteiger partial charge in [0.25, 0.3) is 5.82 Å². The fourth-order valence-corrected chi connectivity index (χ4v) is 4.30. The number of imidazole rings is 1. The summed E-state index contributed by atoms with van der Waals surface area (Å²) >= 11 is 0. The molecule has 0 aliphatic heterocycles. The van der Waals surface area contributed by atoms with E-state index in [4.69, 9.17) is 4.11 Å². The Morgan fingerprint density at radius 1 is 0.967 bits per heavy atom. The molecule has 2 heterocycles. The molecule has 4 nitrogen and oxygen atoms in total. The second-order valence-corrected chi connectivity index (χ2v) is 8.49. The van der Waals surface area contributed by atoms with Crippen molar-refractivity contribution in [1.29, 1.82) is 0 Å². The average Bonchev–Trinajstić information content (AvgIpc) is 3.04. The minimum Gasteiger partial charge on any atom is -0.241 e. The van der Waals surface area contributed by atoms with E-state index in [0.29, 0.717) is 17.5 Å². The standard InChI is InChI=1S/C26H31N4/c1-16(2)20-11-10-12-21(17(3)4)25(20)30-24-14-9-8-13-23(24)29(7)26(30)22-15-27-19(6)28-18(22)5/h8-17H,1-7H3/q+1/i6D3. The molecule has 0 fully saturated rings. The van der Waals surface area contributed by atoms with Crippen LogP contribution in [0.15, 0.2) is 48.7 Å². The van der Waals surface area contributed by atoms with Gasteiger partial charge in [0, 0.05) is 21.4 Å². The van der Waals surface area contributed by atoms with Gasteiger partial charge >= 0.3 is 0 Å². The molecule has 0 atom stereocenters. The molecule has 2 aromatic heterocycles. The Hall–Kier alpha value is -3.01. The van der Waals surface area contributed by atoms with E-state index < -0.39 is 6.85 Å². The fraction of sp³-hybridized carbons (Fsp3) is 0.346. The van der Waals surface area contributed by atoms with E-state index in [1.54, 1.807) is 6.20 Å². The van der Waals surface area contributed by atoms with Crippen molar-refractivity contribution < 1.29 is 8.68 Å². The van der Waals surface area contributed by atoms with Gasteiger partial charge in [-0.05, 0) is 37.7 Å². The lowest BCUT2D eigenvalue weighted by atomic mass is 9.92. The van der Waals surface area contributed by atoms with Crippen LogP contribution in [0, 0.1) is 13.8 Å². The number of para-hydroxylation sites is 3. The first-order chi connectivity index (χ1) is 15.5. The normalized spacial score (nSPS) is 13.7. The maximum absolute atomic E-state index is 7.70. The summed E-state index contributed by atoms with van der Waals surface area (Å²) in [5, 5.41) is 0. The van der Waals surface area contributed by atoms with E-state index >= 15 is 0 Å². The van der Waals surface area contributed by atoms with Crippen LogP contribution in [0.3, 0.4) is 0 Å². The topological polar surface area (TPSA) is 34.6 Å². The summed E-state index contributed by atoms with van der Waals surface area (Å²) in [7, 11) is 2.04. The van der Waals surface area contributed by atoms with E-state index in [0.717, 1.165) is 22.4 Å². The third kappa shape index (κ3) is 3.20. The quantitative estimate of drug-likeness (QED) is 0.406. The molecule has 0 unspecified atom stereocenters. The van der Waals surface area contributed by atoms with Crippen molar-refractivity contribution >= 4 is 11.0 Å². The molecule has 0 bridgehead atoms. The molecule has 2 aromatic carbocycles. The maximum Gasteiger partial charge on any atom is 0.298 e. The van der Waals surface area contributed by atoms with Crippen LogP contribution >= 0.6 is 0 Å². The summed E-state index contributed by atoms with van der Waals surface area (Å²) in [4.78, 5) is 8.63. The van der Waals surface area contributed by atoms with E-state index in [9.17, 15) is 0 Å². The van der Waals surface area contributed by atoms with Crippen molar-refractivity contribution in [3.05, 3.63) is 71.3 Å². The van der Waals surface area contributed by atoms with Gasteiger partial charge in [-0.2, -0.15) is 4.57 Å². The largest absolute Gasteiger partial charge is 0.298 e. The Morgan fingerprint density at radius 2 is 1.63 bits per heavy atom. The van der Waals surface area contributed by atoms with Crippen LogP contribution < -0.4 is 4.57 Å². The zero-order chi connectivity index (χ0) is 24.1. The van der Waals surface area contributed by atoms with E-state index in [-0.39, 0.29) is 5.82 Å². The molecule has 0 aliphatic carbocycles. The van der Waals surface area contributed by atoms with Gasteiger partial charge in [0.15, 0.2) is 11.0 Å². The monoisotopic (exact) mass is 402 g/mol. The summed E-state index contributed by atoms with van der Waals surface area (Å²) in [6, 6.07) is 14.9. The number of aromatic nitrogens is 4. The number of nitrogens with zero attached hydrogens (tertiary/aromatic N) is 4. The molecule has 30 heavy (non-hydrogen) atoms. The Morgan fingerprint density at radius 3 is 2.23 bits per heavy atom. The lowest BCUT2D eigenvalue weighted by Gasteiger charge is -2.18. The minimum absolute atomic E-state index is 0.125. The molecule has 0 radical (unpaired) electrons. The van der Waals surface area contributed by atoms with Crippen molar-refractivity contribution in [2.24, 2.45) is 7.05 Å². The van der Waals surface area contributed by atoms with Crippen molar-refractivity contribution in [2.45, 2.75) is 53.3 Å². The van der Waals surface area contributed by atoms with Crippen LogP contribution in [-0.2, 0) is 7.05 Å². The Kier molecular flexibility index (Phi) is 4.28. The highest BCUT2D eigenvalue weighted by atomic mass is 15.2. The van der Waals surface area contributed by atoms with Crippen molar-refractivity contribution in [2.75, 3.05) is 0 Å². The number of aryl methyl sites for hydroxylation is 3. The maximum atomic E-state index is 7.70. The smallest absolute Gasteiger partial charge is 0.241 e. The lowest BCUT2D eigenvalue weighted by molar-refractivity contribution is -0.633. The Balaban J connectivity index is 2.15.